The highest BCUT2D eigenvalue weighted by Crippen LogP contribution is 2.20. The molecule has 134 valence electrons. The van der Waals surface area contributed by atoms with Crippen LogP contribution in [0.15, 0.2) is 24.3 Å². The molecule has 0 aliphatic rings. The predicted octanol–water partition coefficient (Wildman–Crippen LogP) is 1.95. The quantitative estimate of drug-likeness (QED) is 0.529. The number of hydrogen-bond acceptors (Lipinski definition) is 6. The Balaban J connectivity index is 2.60. The van der Waals surface area contributed by atoms with Gasteiger partial charge in [-0.1, -0.05) is 12.1 Å². The van der Waals surface area contributed by atoms with Gasteiger partial charge in [-0.05, 0) is 32.9 Å². The molecule has 0 bridgehead atoms. The molecule has 1 aromatic carbocycles. The first-order valence-electron chi connectivity index (χ1n) is 7.98. The largest absolute Gasteiger partial charge is 0.490 e. The number of methoxy groups -OCH3 is 1. The predicted molar refractivity (Wildman–Crippen MR) is 91.3 cm³/mol. The maximum Gasteiger partial charge on any atom is 0.305 e. The lowest BCUT2D eigenvalue weighted by Crippen LogP contribution is -2.42. The molecular weight excluding hydrogens is 310 g/mol. The van der Waals surface area contributed by atoms with Crippen molar-refractivity contribution in [3.05, 3.63) is 29.8 Å². The molecule has 0 saturated carbocycles. The van der Waals surface area contributed by atoms with E-state index in [9.17, 15) is 14.7 Å². The highest BCUT2D eigenvalue weighted by molar-refractivity contribution is 5.99. The van der Waals surface area contributed by atoms with Crippen molar-refractivity contribution in [3.63, 3.8) is 0 Å². The van der Waals surface area contributed by atoms with Crippen molar-refractivity contribution in [2.75, 3.05) is 20.3 Å². The Kier molecular flexibility index (Phi) is 7.88. The lowest BCUT2D eigenvalue weighted by molar-refractivity contribution is -0.140. The number of aliphatic hydroxyl groups is 1. The molecule has 1 unspecified atom stereocenters. The van der Waals surface area contributed by atoms with Gasteiger partial charge in [-0.15, -0.1) is 0 Å². The second-order valence-electron chi connectivity index (χ2n) is 6.59. The summed E-state index contributed by atoms with van der Waals surface area (Å²) in [5.41, 5.74) is 0.306. The van der Waals surface area contributed by atoms with E-state index in [2.05, 4.69) is 10.1 Å². The smallest absolute Gasteiger partial charge is 0.305 e. The summed E-state index contributed by atoms with van der Waals surface area (Å²) in [5, 5.41) is 13.2. The molecule has 1 atom stereocenters. The average Bonchev–Trinajstić information content (AvgIpc) is 2.55. The normalized spacial score (nSPS) is 12.5. The highest BCUT2D eigenvalue weighted by atomic mass is 16.5. The van der Waals surface area contributed by atoms with Crippen molar-refractivity contribution in [3.8, 4) is 5.75 Å². The van der Waals surface area contributed by atoms with Crippen molar-refractivity contribution in [2.24, 2.45) is 0 Å². The minimum atomic E-state index is -0.692. The summed E-state index contributed by atoms with van der Waals surface area (Å²) in [6.45, 7) is 6.49. The van der Waals surface area contributed by atoms with Gasteiger partial charge in [0.2, 0.25) is 0 Å². The molecule has 0 spiro atoms. The first-order valence-corrected chi connectivity index (χ1v) is 7.98. The number of carbonyl (C=O) groups excluding carboxylic acids is 2. The lowest BCUT2D eigenvalue weighted by atomic mass is 10.1. The minimum Gasteiger partial charge on any atom is -0.490 e. The number of aliphatic hydroxyl groups excluding tert-OH is 1. The standard InChI is InChI=1S/C18H27NO5/c1-18(2,3)19-11-13(20)12-24-16-8-6-5-7-14(16)15(21)9-10-17(22)23-4/h5-8,13,19-20H,9-12H2,1-4H3. The molecule has 0 aromatic heterocycles. The molecule has 0 fully saturated rings. The summed E-state index contributed by atoms with van der Waals surface area (Å²) in [6, 6.07) is 6.81. The molecule has 0 aliphatic carbocycles. The summed E-state index contributed by atoms with van der Waals surface area (Å²) in [5.74, 6) is -0.217. The van der Waals surface area contributed by atoms with E-state index in [0.29, 0.717) is 17.9 Å². The molecule has 0 amide bonds. The van der Waals surface area contributed by atoms with Crippen LogP contribution in [0.5, 0.6) is 5.75 Å². The second kappa shape index (κ2) is 9.39. The fourth-order valence-electron chi connectivity index (χ4n) is 1.94. The number of β-amino-alcohol motifs (C(OH)–C–C–N with tert-alkyl or cyclic N) is 1. The number of ketones is 1. The topological polar surface area (TPSA) is 84.9 Å². The van der Waals surface area contributed by atoms with E-state index in [1.807, 2.05) is 20.8 Å². The van der Waals surface area contributed by atoms with Crippen LogP contribution in [0.25, 0.3) is 0 Å². The number of ether oxygens (including phenoxy) is 2. The maximum absolute atomic E-state index is 12.2. The van der Waals surface area contributed by atoms with Crippen molar-refractivity contribution < 1.29 is 24.2 Å². The molecule has 1 aromatic rings. The molecule has 0 aliphatic heterocycles. The first-order chi connectivity index (χ1) is 11.2. The molecule has 0 radical (unpaired) electrons. The molecule has 0 saturated heterocycles. The summed E-state index contributed by atoms with van der Waals surface area (Å²) in [4.78, 5) is 23.4. The van der Waals surface area contributed by atoms with Crippen LogP contribution in [-0.4, -0.2) is 48.8 Å². The Morgan fingerprint density at radius 1 is 1.21 bits per heavy atom. The Labute approximate surface area is 143 Å². The molecule has 6 nitrogen and oxygen atoms in total. The Hall–Kier alpha value is -1.92. The van der Waals surface area contributed by atoms with Crippen molar-refractivity contribution >= 4 is 11.8 Å². The van der Waals surface area contributed by atoms with Crippen LogP contribution in [0.4, 0.5) is 0 Å². The number of nitrogens with one attached hydrogen (secondary N) is 1. The van der Waals surface area contributed by atoms with Gasteiger partial charge in [-0.2, -0.15) is 0 Å². The summed E-state index contributed by atoms with van der Waals surface area (Å²) >= 11 is 0. The van der Waals surface area contributed by atoms with E-state index in [4.69, 9.17) is 4.74 Å². The molecule has 1 rings (SSSR count). The average molecular weight is 337 g/mol. The van der Waals surface area contributed by atoms with Gasteiger partial charge in [0.15, 0.2) is 5.78 Å². The van der Waals surface area contributed by atoms with E-state index in [-0.39, 0.29) is 30.8 Å². The van der Waals surface area contributed by atoms with Gasteiger partial charge in [0, 0.05) is 18.5 Å². The Bertz CT molecular complexity index is 551. The van der Waals surface area contributed by atoms with Gasteiger partial charge in [-0.25, -0.2) is 0 Å². The molecular formula is C18H27NO5. The van der Waals surface area contributed by atoms with Crippen LogP contribution in [0.2, 0.25) is 0 Å². The lowest BCUT2D eigenvalue weighted by Gasteiger charge is -2.23. The summed E-state index contributed by atoms with van der Waals surface area (Å²) < 4.78 is 10.1. The third-order valence-corrected chi connectivity index (χ3v) is 3.27. The number of Topliss-reactive ketones (excluding diaryl/α,β-unsaturated/α-hetero) is 1. The fraction of sp³-hybridized carbons (Fsp3) is 0.556. The van der Waals surface area contributed by atoms with E-state index in [1.54, 1.807) is 24.3 Å². The van der Waals surface area contributed by atoms with Crippen LogP contribution in [0, 0.1) is 0 Å². The number of esters is 1. The number of hydrogen-bond donors (Lipinski definition) is 2. The number of benzene rings is 1. The van der Waals surface area contributed by atoms with E-state index in [1.165, 1.54) is 7.11 Å². The molecule has 2 N–H and O–H groups in total. The van der Waals surface area contributed by atoms with Gasteiger partial charge in [0.25, 0.3) is 0 Å². The Morgan fingerprint density at radius 3 is 2.50 bits per heavy atom. The van der Waals surface area contributed by atoms with E-state index >= 15 is 0 Å². The van der Waals surface area contributed by atoms with Crippen LogP contribution < -0.4 is 10.1 Å². The van der Waals surface area contributed by atoms with Gasteiger partial charge >= 0.3 is 5.97 Å². The molecule has 0 heterocycles. The maximum atomic E-state index is 12.2. The zero-order valence-electron chi connectivity index (χ0n) is 14.8. The van der Waals surface area contributed by atoms with Crippen LogP contribution in [0.1, 0.15) is 44.0 Å². The van der Waals surface area contributed by atoms with E-state index < -0.39 is 12.1 Å². The van der Waals surface area contributed by atoms with Crippen LogP contribution in [-0.2, 0) is 9.53 Å². The zero-order chi connectivity index (χ0) is 18.2. The van der Waals surface area contributed by atoms with E-state index in [0.717, 1.165) is 0 Å². The van der Waals surface area contributed by atoms with Gasteiger partial charge in [0.05, 0.1) is 19.1 Å². The molecule has 6 heteroatoms. The van der Waals surface area contributed by atoms with Gasteiger partial charge < -0.3 is 19.9 Å². The third-order valence-electron chi connectivity index (χ3n) is 3.27. The van der Waals surface area contributed by atoms with Crippen LogP contribution >= 0.6 is 0 Å². The molecule has 24 heavy (non-hydrogen) atoms. The van der Waals surface area contributed by atoms with Crippen molar-refractivity contribution in [1.82, 2.24) is 5.32 Å². The number of rotatable bonds is 9. The zero-order valence-corrected chi connectivity index (χ0v) is 14.8. The van der Waals surface area contributed by atoms with Gasteiger partial charge in [-0.3, -0.25) is 9.59 Å². The van der Waals surface area contributed by atoms with Crippen molar-refractivity contribution in [1.29, 1.82) is 0 Å². The fourth-order valence-corrected chi connectivity index (χ4v) is 1.94. The summed E-state index contributed by atoms with van der Waals surface area (Å²) in [7, 11) is 1.29. The van der Waals surface area contributed by atoms with Crippen LogP contribution in [0.3, 0.4) is 0 Å². The Morgan fingerprint density at radius 2 is 1.88 bits per heavy atom. The highest BCUT2D eigenvalue weighted by Gasteiger charge is 2.16. The van der Waals surface area contributed by atoms with Gasteiger partial charge in [0.1, 0.15) is 18.5 Å². The van der Waals surface area contributed by atoms with Crippen molar-refractivity contribution in [2.45, 2.75) is 45.3 Å². The number of carbonyl (C=O) groups is 2. The SMILES string of the molecule is COC(=O)CCC(=O)c1ccccc1OCC(O)CNC(C)(C)C. The second-order valence-corrected chi connectivity index (χ2v) is 6.59. The minimum absolute atomic E-state index is 0.0296. The monoisotopic (exact) mass is 337 g/mol. The summed E-state index contributed by atoms with van der Waals surface area (Å²) in [6.07, 6.45) is -0.606. The third kappa shape index (κ3) is 7.57. The number of para-hydroxylation sites is 1. The first kappa shape index (κ1) is 20.1.